The zero-order chi connectivity index (χ0) is 46.7. The van der Waals surface area contributed by atoms with E-state index in [0.717, 1.165) is 51.8 Å². The molecule has 2 aliphatic heterocycles. The number of benzene rings is 4. The van der Waals surface area contributed by atoms with Gasteiger partial charge in [-0.05, 0) is 73.9 Å². The van der Waals surface area contributed by atoms with E-state index in [-0.39, 0.29) is 30.8 Å². The lowest BCUT2D eigenvalue weighted by Crippen LogP contribution is -2.36. The van der Waals surface area contributed by atoms with Gasteiger partial charge in [0.1, 0.15) is 59.4 Å². The number of nitrogens with zero attached hydrogens (tertiary/aromatic N) is 5. The normalized spacial score (nSPS) is 13.7. The number of nitrogen functional groups attached to an aromatic ring is 1. The molecule has 0 radical (unpaired) electrons. The van der Waals surface area contributed by atoms with Crippen molar-refractivity contribution in [2.24, 2.45) is 0 Å². The Kier molecular flexibility index (Phi) is 16.0. The van der Waals surface area contributed by atoms with Crippen LogP contribution in [0.1, 0.15) is 41.0 Å². The minimum absolute atomic E-state index is 0.00958. The second-order valence-electron chi connectivity index (χ2n) is 16.1. The highest BCUT2D eigenvalue weighted by atomic mass is 35.5. The molecule has 2 fully saturated rings. The number of rotatable bonds is 20. The third-order valence-corrected chi connectivity index (χ3v) is 11.4. The van der Waals surface area contributed by atoms with Crippen LogP contribution in [0, 0.1) is 20.8 Å². The summed E-state index contributed by atoms with van der Waals surface area (Å²) in [6.45, 7) is 10.9. The van der Waals surface area contributed by atoms with Gasteiger partial charge in [-0.3, -0.25) is 4.79 Å². The zero-order valence-electron chi connectivity index (χ0n) is 37.3. The molecule has 2 saturated heterocycles. The number of fused-ring (bicyclic) bond motifs is 2. The quantitative estimate of drug-likeness (QED) is 0.0560. The Morgan fingerprint density at radius 2 is 1.19 bits per heavy atom. The van der Waals surface area contributed by atoms with Gasteiger partial charge < -0.3 is 48.2 Å². The number of carbonyl (C=O) groups excluding carboxylic acids is 1. The third kappa shape index (κ3) is 12.9. The van der Waals surface area contributed by atoms with Gasteiger partial charge in [-0.1, -0.05) is 34.4 Å². The second kappa shape index (κ2) is 22.6. The first-order chi connectivity index (χ1) is 32.5. The molecule has 350 valence electrons. The van der Waals surface area contributed by atoms with Gasteiger partial charge in [-0.2, -0.15) is 0 Å². The minimum atomic E-state index is -0.00958. The molecule has 67 heavy (non-hydrogen) atoms. The fourth-order valence-electron chi connectivity index (χ4n) is 6.92. The lowest BCUT2D eigenvalue weighted by molar-refractivity contribution is -0.130. The van der Waals surface area contributed by atoms with Gasteiger partial charge >= 0.3 is 0 Å². The zero-order valence-corrected chi connectivity index (χ0v) is 38.8. The number of aromatic nitrogens is 5. The van der Waals surface area contributed by atoms with Crippen LogP contribution in [0.15, 0.2) is 83.9 Å². The summed E-state index contributed by atoms with van der Waals surface area (Å²) in [7, 11) is 0. The molecule has 4 aromatic carbocycles. The van der Waals surface area contributed by atoms with Crippen molar-refractivity contribution in [2.75, 3.05) is 58.6 Å². The molecular formula is C49H50Cl2N6O10. The largest absolute Gasteiger partial charge is 0.493 e. The molecule has 0 aliphatic carbocycles. The number of hydrogen-bond donors (Lipinski definition) is 1. The van der Waals surface area contributed by atoms with E-state index < -0.39 is 0 Å². The fraction of sp³-hybridized carbons (Fsp3) is 0.347. The Morgan fingerprint density at radius 1 is 0.657 bits per heavy atom. The van der Waals surface area contributed by atoms with Crippen molar-refractivity contribution in [3.05, 3.63) is 118 Å². The van der Waals surface area contributed by atoms with E-state index in [4.69, 9.17) is 71.4 Å². The number of anilines is 1. The van der Waals surface area contributed by atoms with Crippen molar-refractivity contribution in [1.29, 1.82) is 0 Å². The Balaban J connectivity index is 0.000000188. The first-order valence-electron chi connectivity index (χ1n) is 21.8. The maximum absolute atomic E-state index is 12.5. The molecule has 16 nitrogen and oxygen atoms in total. The number of carbonyl (C=O) groups is 1. The van der Waals surface area contributed by atoms with Crippen LogP contribution in [0.3, 0.4) is 0 Å². The Morgan fingerprint density at radius 3 is 1.67 bits per heavy atom. The molecule has 0 spiro atoms. The molecule has 0 amide bonds. The number of Topliss-reactive ketones (excluding diaryl/α,β-unsaturated/α-hetero) is 1. The first kappa shape index (κ1) is 47.4. The fourth-order valence-corrected chi connectivity index (χ4v) is 7.33. The molecule has 3 aromatic heterocycles. The Labute approximate surface area is 396 Å². The highest BCUT2D eigenvalue weighted by Crippen LogP contribution is 2.35. The number of halogens is 2. The maximum Gasteiger partial charge on any atom is 0.230 e. The summed E-state index contributed by atoms with van der Waals surface area (Å²) in [5, 5.41) is 6.28. The smallest absolute Gasteiger partial charge is 0.230 e. The van der Waals surface area contributed by atoms with Gasteiger partial charge in [-0.25, -0.2) is 19.9 Å². The highest BCUT2D eigenvalue weighted by Gasteiger charge is 2.20. The van der Waals surface area contributed by atoms with E-state index in [9.17, 15) is 4.79 Å². The molecule has 0 bridgehead atoms. The van der Waals surface area contributed by atoms with Crippen LogP contribution >= 0.6 is 23.2 Å². The van der Waals surface area contributed by atoms with Crippen molar-refractivity contribution in [3.8, 4) is 34.8 Å². The van der Waals surface area contributed by atoms with Gasteiger partial charge in [0.2, 0.25) is 11.8 Å². The van der Waals surface area contributed by atoms with Crippen LogP contribution in [-0.2, 0) is 36.6 Å². The number of hydrogen-bond acceptors (Lipinski definition) is 16. The highest BCUT2D eigenvalue weighted by molar-refractivity contribution is 6.33. The molecule has 5 heterocycles. The summed E-state index contributed by atoms with van der Waals surface area (Å²) in [6, 6.07) is 19.8. The molecule has 7 aromatic rings. The number of nitrogens with two attached hydrogens (primary N) is 1. The minimum Gasteiger partial charge on any atom is -0.493 e. The SMILES string of the molecule is Cc1cc(CC(=O)Cc2ccc(Oc3ncnc4cc(OCCCOC5COC5)c(C)cc34)cc2Cl)no1.Cc1cc2c(Oc3ccc(N)c(Cl)c3)ncnc2cc1OCCCOC1COC1. The average molecular weight is 954 g/mol. The van der Waals surface area contributed by atoms with Crippen molar-refractivity contribution in [3.63, 3.8) is 0 Å². The third-order valence-electron chi connectivity index (χ3n) is 10.7. The first-order valence-corrected chi connectivity index (χ1v) is 22.6. The predicted octanol–water partition coefficient (Wildman–Crippen LogP) is 9.37. The average Bonchev–Trinajstić information content (AvgIpc) is 3.68. The molecule has 9 rings (SSSR count). The number of aryl methyl sites for hydroxylation is 3. The van der Waals surface area contributed by atoms with Crippen LogP contribution in [-0.4, -0.2) is 95.9 Å². The summed E-state index contributed by atoms with van der Waals surface area (Å²) in [5.41, 5.74) is 10.9. The Bertz CT molecular complexity index is 2820. The van der Waals surface area contributed by atoms with Crippen LogP contribution < -0.4 is 24.7 Å². The number of ketones is 1. The number of ether oxygens (including phenoxy) is 8. The molecule has 2 N–H and O–H groups in total. The Hall–Kier alpha value is -6.14. The summed E-state index contributed by atoms with van der Waals surface area (Å²) in [5.74, 6) is 4.11. The van der Waals surface area contributed by atoms with E-state index in [1.165, 1.54) is 12.7 Å². The molecular weight excluding hydrogens is 903 g/mol. The van der Waals surface area contributed by atoms with Gasteiger partial charge in [-0.15, -0.1) is 0 Å². The van der Waals surface area contributed by atoms with Crippen LogP contribution in [0.5, 0.6) is 34.8 Å². The van der Waals surface area contributed by atoms with Crippen molar-refractivity contribution in [2.45, 2.75) is 58.7 Å². The molecule has 18 heteroatoms. The summed E-state index contributed by atoms with van der Waals surface area (Å²) < 4.78 is 50.4. The van der Waals surface area contributed by atoms with Crippen LogP contribution in [0.2, 0.25) is 10.0 Å². The van der Waals surface area contributed by atoms with Gasteiger partial charge in [0.15, 0.2) is 0 Å². The van der Waals surface area contributed by atoms with E-state index in [0.29, 0.717) is 114 Å². The van der Waals surface area contributed by atoms with Gasteiger partial charge in [0, 0.05) is 48.6 Å². The standard InChI is InChI=1S/C28H28ClN3O6.C21H22ClN3O4/c1-17-8-24-26(13-27(17)36-7-3-6-35-23-14-34-15-23)30-16-31-28(24)37-22-5-4-19(25(29)12-22)10-21(33)11-20-9-18(2)38-32-20;1-13-7-16-19(9-20(13)28-6-2-5-27-15-10-26-11-15)24-12-25-21(16)29-14-3-4-18(23)17(22)8-14/h4-5,8-9,12-13,16,23H,3,6-7,10-11,14-15H2,1-2H3;3-4,7-9,12,15H,2,5-6,10-11,23H2,1H3. The maximum atomic E-state index is 12.5. The lowest BCUT2D eigenvalue weighted by Gasteiger charge is -2.25. The topological polar surface area (TPSA) is 195 Å². The van der Waals surface area contributed by atoms with E-state index >= 15 is 0 Å². The molecule has 2 aliphatic rings. The van der Waals surface area contributed by atoms with E-state index in [1.54, 1.807) is 49.4 Å². The molecule has 0 unspecified atom stereocenters. The predicted molar refractivity (Wildman–Crippen MR) is 251 cm³/mol. The summed E-state index contributed by atoms with van der Waals surface area (Å²) >= 11 is 12.6. The lowest BCUT2D eigenvalue weighted by atomic mass is 10.1. The molecule has 0 saturated carbocycles. The van der Waals surface area contributed by atoms with E-state index in [1.807, 2.05) is 38.1 Å². The van der Waals surface area contributed by atoms with Crippen molar-refractivity contribution >= 4 is 56.5 Å². The monoisotopic (exact) mass is 952 g/mol. The van der Waals surface area contributed by atoms with Crippen molar-refractivity contribution < 1.29 is 47.2 Å². The van der Waals surface area contributed by atoms with Gasteiger partial charge in [0.25, 0.3) is 0 Å². The summed E-state index contributed by atoms with van der Waals surface area (Å²) in [6.07, 6.45) is 5.34. The van der Waals surface area contributed by atoms with Crippen LogP contribution in [0.25, 0.3) is 21.8 Å². The van der Waals surface area contributed by atoms with E-state index in [2.05, 4.69) is 25.1 Å². The van der Waals surface area contributed by atoms with Gasteiger partial charge in [0.05, 0.1) is 97.5 Å². The molecule has 0 atom stereocenters. The van der Waals surface area contributed by atoms with Crippen LogP contribution in [0.4, 0.5) is 5.69 Å². The van der Waals surface area contributed by atoms with Crippen molar-refractivity contribution in [1.82, 2.24) is 25.1 Å². The summed E-state index contributed by atoms with van der Waals surface area (Å²) in [4.78, 5) is 29.8. The second-order valence-corrected chi connectivity index (χ2v) is 16.9.